The zero-order valence-corrected chi connectivity index (χ0v) is 19.7. The Morgan fingerprint density at radius 1 is 0.750 bits per heavy atom. The normalized spacial score (nSPS) is 11.2. The number of pyridine rings is 2. The zero-order chi connectivity index (χ0) is 24.5. The van der Waals surface area contributed by atoms with Gasteiger partial charge >= 0.3 is 0 Å². The smallest absolute Gasteiger partial charge is 0.138 e. The first-order valence-corrected chi connectivity index (χ1v) is 11.7. The first kappa shape index (κ1) is 21.8. The van der Waals surface area contributed by atoms with Gasteiger partial charge in [0.15, 0.2) is 0 Å². The number of hydrogen-bond donors (Lipinski definition) is 4. The van der Waals surface area contributed by atoms with Crippen LogP contribution in [0.15, 0.2) is 91.3 Å². The van der Waals surface area contributed by atoms with E-state index in [4.69, 9.17) is 4.98 Å². The van der Waals surface area contributed by atoms with Gasteiger partial charge in [-0.1, -0.05) is 6.07 Å². The molecule has 7 heteroatoms. The van der Waals surface area contributed by atoms with E-state index in [1.807, 2.05) is 79.7 Å². The lowest BCUT2D eigenvalue weighted by Crippen LogP contribution is -1.94. The third kappa shape index (κ3) is 4.35. The Hall–Kier alpha value is -4.75. The molecule has 0 fully saturated rings. The maximum Gasteiger partial charge on any atom is 0.138 e. The number of aliphatic hydroxyl groups is 1. The molecule has 7 nitrogen and oxygen atoms in total. The Kier molecular flexibility index (Phi) is 5.52. The monoisotopic (exact) mass is 472 g/mol. The summed E-state index contributed by atoms with van der Waals surface area (Å²) in [6.07, 6.45) is 3.58. The molecule has 36 heavy (non-hydrogen) atoms. The lowest BCUT2D eigenvalue weighted by Gasteiger charge is -2.11. The second-order valence-electron chi connectivity index (χ2n) is 8.70. The predicted molar refractivity (Wildman–Crippen MR) is 145 cm³/mol. The number of nitrogens with one attached hydrogen (secondary N) is 3. The van der Waals surface area contributed by atoms with E-state index in [1.54, 1.807) is 12.4 Å². The summed E-state index contributed by atoms with van der Waals surface area (Å²) in [5.41, 5.74) is 9.45. The molecular weight excluding hydrogens is 448 g/mol. The number of nitrogens with zero attached hydrogens (tertiary/aromatic N) is 3. The number of hydrogen-bond acceptors (Lipinski definition) is 6. The Morgan fingerprint density at radius 2 is 1.53 bits per heavy atom. The molecule has 0 saturated carbocycles. The number of benzene rings is 3. The lowest BCUT2D eigenvalue weighted by atomic mass is 10.1. The van der Waals surface area contributed by atoms with E-state index in [-0.39, 0.29) is 6.61 Å². The number of H-pyrrole nitrogens is 1. The van der Waals surface area contributed by atoms with Crippen LogP contribution in [0.5, 0.6) is 0 Å². The van der Waals surface area contributed by atoms with Crippen molar-refractivity contribution in [3.63, 3.8) is 0 Å². The number of imidazole rings is 1. The van der Waals surface area contributed by atoms with Gasteiger partial charge in [-0.3, -0.25) is 9.97 Å². The standard InChI is InChI=1S/C29H24N6O/c1-18-14-23(10-12-30-18)32-22-7-9-27-28(16-22)35-29(34-27)20-3-5-21(6-4-20)33-26-11-13-31-25-8-2-19(17-36)15-24(25)26/h2-16,36H,17H2,1H3,(H,30,32)(H,31,33)(H,34,35). The quantitative estimate of drug-likeness (QED) is 0.222. The molecular formula is C29H24N6O. The van der Waals surface area contributed by atoms with Crippen molar-refractivity contribution in [2.45, 2.75) is 13.5 Å². The maximum absolute atomic E-state index is 9.50. The largest absolute Gasteiger partial charge is 0.392 e. The number of fused-ring (bicyclic) bond motifs is 2. The van der Waals surface area contributed by atoms with E-state index < -0.39 is 0 Å². The average Bonchev–Trinajstić information content (AvgIpc) is 3.33. The minimum absolute atomic E-state index is 0.00255. The van der Waals surface area contributed by atoms with Crippen LogP contribution in [-0.4, -0.2) is 25.0 Å². The number of aromatic amines is 1. The van der Waals surface area contributed by atoms with E-state index in [0.29, 0.717) is 0 Å². The minimum Gasteiger partial charge on any atom is -0.392 e. The van der Waals surface area contributed by atoms with Gasteiger partial charge in [-0.15, -0.1) is 0 Å². The highest BCUT2D eigenvalue weighted by molar-refractivity contribution is 5.93. The zero-order valence-electron chi connectivity index (χ0n) is 19.7. The van der Waals surface area contributed by atoms with Crippen LogP contribution in [-0.2, 0) is 6.61 Å². The summed E-state index contributed by atoms with van der Waals surface area (Å²) in [5.74, 6) is 0.815. The fourth-order valence-electron chi connectivity index (χ4n) is 4.28. The van der Waals surface area contributed by atoms with Gasteiger partial charge in [-0.05, 0) is 85.3 Å². The van der Waals surface area contributed by atoms with Crippen LogP contribution in [0.3, 0.4) is 0 Å². The highest BCUT2D eigenvalue weighted by atomic mass is 16.3. The molecule has 0 atom stereocenters. The molecule has 3 aromatic heterocycles. The van der Waals surface area contributed by atoms with Crippen molar-refractivity contribution in [3.8, 4) is 11.4 Å². The molecule has 3 heterocycles. The highest BCUT2D eigenvalue weighted by Crippen LogP contribution is 2.29. The van der Waals surface area contributed by atoms with Gasteiger partial charge in [-0.25, -0.2) is 4.98 Å². The summed E-state index contributed by atoms with van der Waals surface area (Å²) in [7, 11) is 0. The van der Waals surface area contributed by atoms with Gasteiger partial charge < -0.3 is 20.7 Å². The summed E-state index contributed by atoms with van der Waals surface area (Å²) in [4.78, 5) is 16.9. The molecule has 0 saturated heterocycles. The van der Waals surface area contributed by atoms with E-state index in [1.165, 1.54) is 0 Å². The Balaban J connectivity index is 1.24. The molecule has 6 rings (SSSR count). The summed E-state index contributed by atoms with van der Waals surface area (Å²) in [6, 6.07) is 25.9. The third-order valence-electron chi connectivity index (χ3n) is 6.09. The first-order chi connectivity index (χ1) is 17.6. The van der Waals surface area contributed by atoms with Gasteiger partial charge in [-0.2, -0.15) is 0 Å². The van der Waals surface area contributed by atoms with Gasteiger partial charge in [0.25, 0.3) is 0 Å². The van der Waals surface area contributed by atoms with Gasteiger partial charge in [0.1, 0.15) is 5.82 Å². The van der Waals surface area contributed by atoms with E-state index in [2.05, 4.69) is 31.7 Å². The Labute approximate surface area is 207 Å². The fourth-order valence-corrected chi connectivity index (χ4v) is 4.28. The van der Waals surface area contributed by atoms with Crippen molar-refractivity contribution >= 4 is 44.7 Å². The van der Waals surface area contributed by atoms with Crippen molar-refractivity contribution in [1.29, 1.82) is 0 Å². The molecule has 0 radical (unpaired) electrons. The average molecular weight is 473 g/mol. The minimum atomic E-state index is -0.00255. The second kappa shape index (κ2) is 9.13. The summed E-state index contributed by atoms with van der Waals surface area (Å²) in [6.45, 7) is 1.97. The van der Waals surface area contributed by atoms with Crippen LogP contribution in [0.2, 0.25) is 0 Å². The molecule has 4 N–H and O–H groups in total. The van der Waals surface area contributed by atoms with E-state index >= 15 is 0 Å². The molecule has 0 aliphatic rings. The molecule has 0 aliphatic heterocycles. The number of rotatable bonds is 6. The molecule has 0 aliphatic carbocycles. The Bertz CT molecular complexity index is 1690. The predicted octanol–water partition coefficient (Wildman–Crippen LogP) is 6.46. The van der Waals surface area contributed by atoms with Crippen molar-refractivity contribution < 1.29 is 5.11 Å². The number of aliphatic hydroxyl groups excluding tert-OH is 1. The van der Waals surface area contributed by atoms with Crippen molar-refractivity contribution in [2.75, 3.05) is 10.6 Å². The van der Waals surface area contributed by atoms with Crippen molar-refractivity contribution in [1.82, 2.24) is 19.9 Å². The summed E-state index contributed by atoms with van der Waals surface area (Å²) >= 11 is 0. The van der Waals surface area contributed by atoms with Crippen LogP contribution < -0.4 is 10.6 Å². The molecule has 6 aromatic rings. The van der Waals surface area contributed by atoms with E-state index in [0.717, 1.165) is 67.3 Å². The number of aryl methyl sites for hydroxylation is 1. The summed E-state index contributed by atoms with van der Waals surface area (Å²) < 4.78 is 0. The summed E-state index contributed by atoms with van der Waals surface area (Å²) in [5, 5.41) is 17.4. The first-order valence-electron chi connectivity index (χ1n) is 11.7. The number of aromatic nitrogens is 4. The molecule has 0 spiro atoms. The third-order valence-corrected chi connectivity index (χ3v) is 6.09. The van der Waals surface area contributed by atoms with Crippen molar-refractivity contribution in [2.24, 2.45) is 0 Å². The number of anilines is 4. The Morgan fingerprint density at radius 3 is 2.36 bits per heavy atom. The lowest BCUT2D eigenvalue weighted by molar-refractivity contribution is 0.282. The highest BCUT2D eigenvalue weighted by Gasteiger charge is 2.08. The molecule has 176 valence electrons. The van der Waals surface area contributed by atoms with Gasteiger partial charge in [0.2, 0.25) is 0 Å². The van der Waals surface area contributed by atoms with Crippen LogP contribution in [0, 0.1) is 6.92 Å². The molecule has 0 unspecified atom stereocenters. The van der Waals surface area contributed by atoms with E-state index in [9.17, 15) is 5.11 Å². The molecule has 0 bridgehead atoms. The fraction of sp³-hybridized carbons (Fsp3) is 0.0690. The van der Waals surface area contributed by atoms with Gasteiger partial charge in [0, 0.05) is 51.8 Å². The second-order valence-corrected chi connectivity index (χ2v) is 8.70. The van der Waals surface area contributed by atoms with Crippen LogP contribution in [0.1, 0.15) is 11.3 Å². The topological polar surface area (TPSA) is 98.8 Å². The van der Waals surface area contributed by atoms with Crippen molar-refractivity contribution in [3.05, 3.63) is 103 Å². The van der Waals surface area contributed by atoms with Crippen LogP contribution in [0.25, 0.3) is 33.3 Å². The van der Waals surface area contributed by atoms with Crippen LogP contribution in [0.4, 0.5) is 22.7 Å². The molecule has 0 amide bonds. The maximum atomic E-state index is 9.50. The van der Waals surface area contributed by atoms with Gasteiger partial charge in [0.05, 0.1) is 23.2 Å². The molecule has 3 aromatic carbocycles. The SMILES string of the molecule is Cc1cc(Nc2ccc3nc(-c4ccc(Nc5ccnc6ccc(CO)cc56)cc4)[nH]c3c2)ccn1. The van der Waals surface area contributed by atoms with Crippen LogP contribution >= 0.6 is 0 Å².